The number of rotatable bonds is 4. The third kappa shape index (κ3) is 2.87. The molecule has 1 unspecified atom stereocenters. The fourth-order valence-corrected chi connectivity index (χ4v) is 1.28. The zero-order chi connectivity index (χ0) is 11.4. The molecule has 0 saturated heterocycles. The molecular weight excluding hydrogens is 199 g/mol. The summed E-state index contributed by atoms with van der Waals surface area (Å²) in [6.07, 6.45) is -0.285. The lowest BCUT2D eigenvalue weighted by Crippen LogP contribution is -2.16. The summed E-state index contributed by atoms with van der Waals surface area (Å²) in [5.74, 6) is -2.86. The first-order valence-electron chi connectivity index (χ1n) is 4.53. The van der Waals surface area contributed by atoms with E-state index in [4.69, 9.17) is 5.11 Å². The van der Waals surface area contributed by atoms with Crippen LogP contribution in [0.1, 0.15) is 23.7 Å². The maximum atomic E-state index is 13.2. The van der Waals surface area contributed by atoms with Crippen LogP contribution in [0.15, 0.2) is 24.3 Å². The van der Waals surface area contributed by atoms with Crippen LogP contribution in [-0.2, 0) is 4.79 Å². The van der Waals surface area contributed by atoms with Crippen molar-refractivity contribution in [2.45, 2.75) is 13.3 Å². The van der Waals surface area contributed by atoms with Gasteiger partial charge in [-0.1, -0.05) is 19.1 Å². The molecule has 0 aliphatic heterocycles. The molecule has 4 heteroatoms. The molecule has 0 aliphatic rings. The van der Waals surface area contributed by atoms with Crippen molar-refractivity contribution in [2.75, 3.05) is 0 Å². The van der Waals surface area contributed by atoms with Crippen LogP contribution in [0.2, 0.25) is 0 Å². The van der Waals surface area contributed by atoms with Gasteiger partial charge < -0.3 is 5.11 Å². The number of Topliss-reactive ketones (excluding diaryl/α,β-unsaturated/α-hetero) is 1. The van der Waals surface area contributed by atoms with E-state index in [1.165, 1.54) is 25.1 Å². The highest BCUT2D eigenvalue weighted by Crippen LogP contribution is 2.14. The molecule has 1 rings (SSSR count). The molecule has 0 heterocycles. The van der Waals surface area contributed by atoms with Gasteiger partial charge in [0.25, 0.3) is 0 Å². The van der Waals surface area contributed by atoms with Crippen LogP contribution in [-0.4, -0.2) is 16.9 Å². The first-order valence-corrected chi connectivity index (χ1v) is 4.53. The van der Waals surface area contributed by atoms with E-state index in [2.05, 4.69) is 0 Å². The van der Waals surface area contributed by atoms with Crippen molar-refractivity contribution >= 4 is 11.8 Å². The molecule has 0 aromatic heterocycles. The molecule has 0 saturated carbocycles. The van der Waals surface area contributed by atoms with Gasteiger partial charge in [0, 0.05) is 5.92 Å². The number of benzene rings is 1. The Kier molecular flexibility index (Phi) is 3.55. The Morgan fingerprint density at radius 1 is 1.40 bits per heavy atom. The van der Waals surface area contributed by atoms with E-state index >= 15 is 0 Å². The van der Waals surface area contributed by atoms with Crippen molar-refractivity contribution < 1.29 is 19.1 Å². The molecular formula is C11H11FO3. The molecule has 1 aromatic rings. The zero-order valence-corrected chi connectivity index (χ0v) is 8.24. The van der Waals surface area contributed by atoms with Crippen LogP contribution in [0.25, 0.3) is 0 Å². The summed E-state index contributed by atoms with van der Waals surface area (Å²) >= 11 is 0. The van der Waals surface area contributed by atoms with Gasteiger partial charge in [0.15, 0.2) is 5.78 Å². The quantitative estimate of drug-likeness (QED) is 0.774. The predicted octanol–water partition coefficient (Wildman–Crippen LogP) is 2.12. The second kappa shape index (κ2) is 4.68. The molecule has 1 atom stereocenters. The second-order valence-corrected chi connectivity index (χ2v) is 3.34. The summed E-state index contributed by atoms with van der Waals surface area (Å²) in [7, 11) is 0. The molecule has 1 aromatic carbocycles. The van der Waals surface area contributed by atoms with Crippen LogP contribution in [0, 0.1) is 11.7 Å². The van der Waals surface area contributed by atoms with Crippen molar-refractivity contribution in [3.63, 3.8) is 0 Å². The Morgan fingerprint density at radius 2 is 2.00 bits per heavy atom. The van der Waals surface area contributed by atoms with Crippen LogP contribution >= 0.6 is 0 Å². The number of aliphatic carboxylic acids is 1. The summed E-state index contributed by atoms with van der Waals surface area (Å²) in [5, 5.41) is 8.50. The Bertz CT molecular complexity index is 387. The van der Waals surface area contributed by atoms with Crippen LogP contribution in [0.5, 0.6) is 0 Å². The van der Waals surface area contributed by atoms with Crippen LogP contribution in [0.3, 0.4) is 0 Å². The monoisotopic (exact) mass is 210 g/mol. The minimum atomic E-state index is -1.06. The van der Waals surface area contributed by atoms with Crippen LogP contribution < -0.4 is 0 Å². The average molecular weight is 210 g/mol. The number of carboxylic acids is 1. The maximum absolute atomic E-state index is 13.2. The van der Waals surface area contributed by atoms with Gasteiger partial charge in [-0.25, -0.2) is 4.39 Å². The van der Waals surface area contributed by atoms with Gasteiger partial charge in [-0.2, -0.15) is 0 Å². The van der Waals surface area contributed by atoms with E-state index in [0.717, 1.165) is 0 Å². The predicted molar refractivity (Wildman–Crippen MR) is 52.1 cm³/mol. The summed E-state index contributed by atoms with van der Waals surface area (Å²) in [6.45, 7) is 1.48. The molecule has 0 fully saturated rings. The minimum absolute atomic E-state index is 0.0498. The molecule has 80 valence electrons. The van der Waals surface area contributed by atoms with Crippen molar-refractivity contribution in [1.82, 2.24) is 0 Å². The fraction of sp³-hybridized carbons (Fsp3) is 0.273. The molecule has 0 radical (unpaired) electrons. The molecule has 0 spiro atoms. The summed E-state index contributed by atoms with van der Waals surface area (Å²) in [5.41, 5.74) is -0.0498. The maximum Gasteiger partial charge on any atom is 0.304 e. The first-order chi connectivity index (χ1) is 7.02. The number of halogens is 1. The third-order valence-electron chi connectivity index (χ3n) is 2.07. The number of carbonyl (C=O) groups is 2. The lowest BCUT2D eigenvalue weighted by molar-refractivity contribution is -0.137. The summed E-state index contributed by atoms with van der Waals surface area (Å²) < 4.78 is 13.2. The minimum Gasteiger partial charge on any atom is -0.481 e. The number of hydrogen-bond acceptors (Lipinski definition) is 2. The Hall–Kier alpha value is -1.71. The zero-order valence-electron chi connectivity index (χ0n) is 8.24. The lowest BCUT2D eigenvalue weighted by atomic mass is 9.96. The van der Waals surface area contributed by atoms with Gasteiger partial charge in [0.05, 0.1) is 12.0 Å². The van der Waals surface area contributed by atoms with E-state index in [-0.39, 0.29) is 12.0 Å². The molecule has 0 aliphatic carbocycles. The Labute approximate surface area is 86.5 Å². The van der Waals surface area contributed by atoms with Gasteiger partial charge in [0.2, 0.25) is 0 Å². The van der Waals surface area contributed by atoms with Gasteiger partial charge in [-0.05, 0) is 12.1 Å². The van der Waals surface area contributed by atoms with Crippen molar-refractivity contribution in [1.29, 1.82) is 0 Å². The fourth-order valence-electron chi connectivity index (χ4n) is 1.28. The molecule has 1 N–H and O–H groups in total. The van der Waals surface area contributed by atoms with Gasteiger partial charge in [0.1, 0.15) is 5.82 Å². The number of carboxylic acid groups (broad SMARTS) is 1. The Morgan fingerprint density at radius 3 is 2.53 bits per heavy atom. The topological polar surface area (TPSA) is 54.4 Å². The van der Waals surface area contributed by atoms with Crippen molar-refractivity contribution in [3.05, 3.63) is 35.6 Å². The average Bonchev–Trinajstić information content (AvgIpc) is 2.16. The molecule has 3 nitrogen and oxygen atoms in total. The van der Waals surface area contributed by atoms with E-state index in [0.29, 0.717) is 0 Å². The molecule has 15 heavy (non-hydrogen) atoms. The highest BCUT2D eigenvalue weighted by molar-refractivity contribution is 5.99. The van der Waals surface area contributed by atoms with Gasteiger partial charge in [-0.3, -0.25) is 9.59 Å². The van der Waals surface area contributed by atoms with E-state index in [1.807, 2.05) is 0 Å². The van der Waals surface area contributed by atoms with E-state index in [9.17, 15) is 14.0 Å². The largest absolute Gasteiger partial charge is 0.481 e. The van der Waals surface area contributed by atoms with Gasteiger partial charge >= 0.3 is 5.97 Å². The summed E-state index contributed by atoms with van der Waals surface area (Å²) in [4.78, 5) is 22.0. The second-order valence-electron chi connectivity index (χ2n) is 3.34. The standard InChI is InChI=1S/C11H11FO3/c1-7(6-10(13)14)11(15)8-4-2-3-5-9(8)12/h2-5,7H,6H2,1H3,(H,13,14). The molecule has 0 amide bonds. The summed E-state index contributed by atoms with van der Waals surface area (Å²) in [6, 6.07) is 5.56. The van der Waals surface area contributed by atoms with Crippen molar-refractivity contribution in [3.8, 4) is 0 Å². The smallest absolute Gasteiger partial charge is 0.304 e. The first kappa shape index (κ1) is 11.4. The molecule has 0 bridgehead atoms. The highest BCUT2D eigenvalue weighted by atomic mass is 19.1. The number of hydrogen-bond donors (Lipinski definition) is 1. The van der Waals surface area contributed by atoms with Crippen LogP contribution in [0.4, 0.5) is 4.39 Å². The SMILES string of the molecule is CC(CC(=O)O)C(=O)c1ccccc1F. The normalized spacial score (nSPS) is 12.1. The van der Waals surface area contributed by atoms with E-state index in [1.54, 1.807) is 6.07 Å². The van der Waals surface area contributed by atoms with E-state index < -0.39 is 23.5 Å². The lowest BCUT2D eigenvalue weighted by Gasteiger charge is -2.07. The van der Waals surface area contributed by atoms with Crippen molar-refractivity contribution in [2.24, 2.45) is 5.92 Å². The Balaban J connectivity index is 2.85. The van der Waals surface area contributed by atoms with Gasteiger partial charge in [-0.15, -0.1) is 0 Å². The third-order valence-corrected chi connectivity index (χ3v) is 2.07. The number of ketones is 1. The number of carbonyl (C=O) groups excluding carboxylic acids is 1. The highest BCUT2D eigenvalue weighted by Gasteiger charge is 2.20.